The quantitative estimate of drug-likeness (QED) is 0.705. The van der Waals surface area contributed by atoms with Crippen LogP contribution >= 0.6 is 0 Å². The van der Waals surface area contributed by atoms with Crippen molar-refractivity contribution < 1.29 is 4.79 Å². The lowest BCUT2D eigenvalue weighted by Crippen LogP contribution is -2.51. The second-order valence-electron chi connectivity index (χ2n) is 4.82. The molecule has 2 rings (SSSR count). The van der Waals surface area contributed by atoms with E-state index in [9.17, 15) is 4.79 Å². The molecule has 80 valence electrons. The predicted octanol–water partition coefficient (Wildman–Crippen LogP) is 1.03. The van der Waals surface area contributed by atoms with Gasteiger partial charge in [0.1, 0.15) is 0 Å². The highest BCUT2D eigenvalue weighted by atomic mass is 16.2. The van der Waals surface area contributed by atoms with Gasteiger partial charge in [-0.2, -0.15) is 0 Å². The number of carbonyl (C=O) groups excluding carboxylic acids is 1. The van der Waals surface area contributed by atoms with Gasteiger partial charge in [-0.05, 0) is 25.2 Å². The zero-order valence-electron chi connectivity index (χ0n) is 8.88. The molecule has 0 aromatic rings. The van der Waals surface area contributed by atoms with Gasteiger partial charge < -0.3 is 11.1 Å². The molecule has 2 fully saturated rings. The van der Waals surface area contributed by atoms with E-state index in [2.05, 4.69) is 12.2 Å². The van der Waals surface area contributed by atoms with Crippen molar-refractivity contribution in [3.63, 3.8) is 0 Å². The molecule has 2 saturated carbocycles. The van der Waals surface area contributed by atoms with Gasteiger partial charge in [0, 0.05) is 12.6 Å². The van der Waals surface area contributed by atoms with Gasteiger partial charge in [-0.1, -0.05) is 19.8 Å². The van der Waals surface area contributed by atoms with E-state index < -0.39 is 0 Å². The first-order chi connectivity index (χ1) is 6.72. The fourth-order valence-electron chi connectivity index (χ4n) is 2.32. The van der Waals surface area contributed by atoms with Crippen LogP contribution in [-0.2, 0) is 4.79 Å². The number of rotatable bonds is 4. The average molecular weight is 196 g/mol. The molecule has 3 heteroatoms. The maximum atomic E-state index is 11.9. The predicted molar refractivity (Wildman–Crippen MR) is 55.7 cm³/mol. The molecule has 0 spiro atoms. The summed E-state index contributed by atoms with van der Waals surface area (Å²) in [5.41, 5.74) is 5.48. The van der Waals surface area contributed by atoms with E-state index in [1.807, 2.05) is 0 Å². The van der Waals surface area contributed by atoms with E-state index in [4.69, 9.17) is 5.73 Å². The first-order valence-electron chi connectivity index (χ1n) is 5.73. The van der Waals surface area contributed by atoms with Crippen LogP contribution in [-0.4, -0.2) is 18.5 Å². The van der Waals surface area contributed by atoms with Crippen LogP contribution in [0.4, 0.5) is 0 Å². The number of carbonyl (C=O) groups is 1. The van der Waals surface area contributed by atoms with Crippen LogP contribution < -0.4 is 11.1 Å². The Morgan fingerprint density at radius 2 is 2.29 bits per heavy atom. The summed E-state index contributed by atoms with van der Waals surface area (Å²) in [4.78, 5) is 11.9. The van der Waals surface area contributed by atoms with Gasteiger partial charge in [0.2, 0.25) is 5.91 Å². The van der Waals surface area contributed by atoms with Crippen molar-refractivity contribution in [2.24, 2.45) is 17.1 Å². The van der Waals surface area contributed by atoms with Crippen LogP contribution in [0.2, 0.25) is 0 Å². The summed E-state index contributed by atoms with van der Waals surface area (Å²) in [6.45, 7) is 2.70. The van der Waals surface area contributed by atoms with Crippen molar-refractivity contribution in [3.8, 4) is 0 Å². The summed E-state index contributed by atoms with van der Waals surface area (Å²) in [7, 11) is 0. The number of hydrogen-bond acceptors (Lipinski definition) is 2. The van der Waals surface area contributed by atoms with Crippen molar-refractivity contribution in [3.05, 3.63) is 0 Å². The van der Waals surface area contributed by atoms with Crippen LogP contribution in [0.25, 0.3) is 0 Å². The summed E-state index contributed by atoms with van der Waals surface area (Å²) in [6.07, 6.45) is 5.48. The minimum Gasteiger partial charge on any atom is -0.353 e. The lowest BCUT2D eigenvalue weighted by atomic mass is 9.68. The van der Waals surface area contributed by atoms with Crippen molar-refractivity contribution >= 4 is 5.91 Å². The summed E-state index contributed by atoms with van der Waals surface area (Å²) in [5.74, 6) is 0.945. The van der Waals surface area contributed by atoms with E-state index in [1.54, 1.807) is 0 Å². The highest BCUT2D eigenvalue weighted by Gasteiger charge is 2.46. The molecule has 0 aliphatic heterocycles. The Bertz CT molecular complexity index is 230. The molecule has 2 aliphatic rings. The van der Waals surface area contributed by atoms with Gasteiger partial charge in [-0.15, -0.1) is 0 Å². The summed E-state index contributed by atoms with van der Waals surface area (Å²) >= 11 is 0. The van der Waals surface area contributed by atoms with Gasteiger partial charge in [0.05, 0.1) is 5.41 Å². The van der Waals surface area contributed by atoms with Crippen LogP contribution in [0.15, 0.2) is 0 Å². The Kier molecular flexibility index (Phi) is 2.52. The fraction of sp³-hybridized carbons (Fsp3) is 0.909. The molecule has 2 unspecified atom stereocenters. The van der Waals surface area contributed by atoms with E-state index in [0.29, 0.717) is 12.6 Å². The lowest BCUT2D eigenvalue weighted by Gasteiger charge is -2.39. The van der Waals surface area contributed by atoms with E-state index in [0.717, 1.165) is 25.2 Å². The van der Waals surface area contributed by atoms with Crippen molar-refractivity contribution in [2.45, 2.75) is 45.1 Å². The van der Waals surface area contributed by atoms with Crippen LogP contribution in [0.3, 0.4) is 0 Å². The molecule has 0 radical (unpaired) electrons. The van der Waals surface area contributed by atoms with Gasteiger partial charge in [0.15, 0.2) is 0 Å². The minimum absolute atomic E-state index is 0.194. The van der Waals surface area contributed by atoms with Gasteiger partial charge in [-0.3, -0.25) is 4.79 Å². The average Bonchev–Trinajstić information content (AvgIpc) is 2.82. The van der Waals surface area contributed by atoms with Crippen molar-refractivity contribution in [1.29, 1.82) is 0 Å². The number of hydrogen-bond donors (Lipinski definition) is 2. The molecule has 0 bridgehead atoms. The molecule has 1 amide bonds. The Balaban J connectivity index is 1.83. The van der Waals surface area contributed by atoms with E-state index in [1.165, 1.54) is 12.8 Å². The Hall–Kier alpha value is -0.570. The molecular formula is C11H20N2O. The van der Waals surface area contributed by atoms with Crippen molar-refractivity contribution in [2.75, 3.05) is 6.54 Å². The fourth-order valence-corrected chi connectivity index (χ4v) is 2.32. The molecular weight excluding hydrogens is 176 g/mol. The SMILES string of the molecule is CCC1CC1NC(=O)C1(CN)CCC1. The highest BCUT2D eigenvalue weighted by Crippen LogP contribution is 2.41. The molecule has 2 atom stereocenters. The number of nitrogens with one attached hydrogen (secondary N) is 1. The number of nitrogens with two attached hydrogens (primary N) is 1. The zero-order valence-corrected chi connectivity index (χ0v) is 8.88. The van der Waals surface area contributed by atoms with Crippen LogP contribution in [0.5, 0.6) is 0 Å². The summed E-state index contributed by atoms with van der Waals surface area (Å²) in [5, 5.41) is 3.13. The molecule has 0 aromatic carbocycles. The largest absolute Gasteiger partial charge is 0.353 e. The van der Waals surface area contributed by atoms with E-state index in [-0.39, 0.29) is 11.3 Å². The molecule has 3 N–H and O–H groups in total. The maximum Gasteiger partial charge on any atom is 0.227 e. The smallest absolute Gasteiger partial charge is 0.227 e. The molecule has 3 nitrogen and oxygen atoms in total. The topological polar surface area (TPSA) is 55.1 Å². The second-order valence-corrected chi connectivity index (χ2v) is 4.82. The summed E-state index contributed by atoms with van der Waals surface area (Å²) < 4.78 is 0. The molecule has 2 aliphatic carbocycles. The lowest BCUT2D eigenvalue weighted by molar-refractivity contribution is -0.135. The zero-order chi connectivity index (χ0) is 10.2. The monoisotopic (exact) mass is 196 g/mol. The molecule has 14 heavy (non-hydrogen) atoms. The van der Waals surface area contributed by atoms with Gasteiger partial charge in [-0.25, -0.2) is 0 Å². The van der Waals surface area contributed by atoms with E-state index >= 15 is 0 Å². The van der Waals surface area contributed by atoms with Crippen LogP contribution in [0.1, 0.15) is 39.0 Å². The highest BCUT2D eigenvalue weighted by molar-refractivity contribution is 5.84. The van der Waals surface area contributed by atoms with Crippen LogP contribution in [0, 0.1) is 11.3 Å². The Morgan fingerprint density at radius 3 is 2.64 bits per heavy atom. The maximum absolute atomic E-state index is 11.9. The standard InChI is InChI=1S/C11H20N2O/c1-2-8-6-9(8)13-10(14)11(7-12)4-3-5-11/h8-9H,2-7,12H2,1H3,(H,13,14). The molecule has 0 heterocycles. The summed E-state index contributed by atoms with van der Waals surface area (Å²) in [6, 6.07) is 0.455. The third kappa shape index (κ3) is 1.54. The Morgan fingerprint density at radius 1 is 1.57 bits per heavy atom. The normalized spacial score (nSPS) is 33.3. The third-order valence-electron chi connectivity index (χ3n) is 3.95. The first-order valence-corrected chi connectivity index (χ1v) is 5.73. The minimum atomic E-state index is -0.194. The third-order valence-corrected chi connectivity index (χ3v) is 3.95. The van der Waals surface area contributed by atoms with Gasteiger partial charge >= 0.3 is 0 Å². The first kappa shape index (κ1) is 9.97. The number of amides is 1. The second kappa shape index (κ2) is 3.54. The molecule has 0 saturated heterocycles. The van der Waals surface area contributed by atoms with Gasteiger partial charge in [0.25, 0.3) is 0 Å². The molecule has 0 aromatic heterocycles. The Labute approximate surface area is 85.4 Å². The van der Waals surface area contributed by atoms with Crippen molar-refractivity contribution in [1.82, 2.24) is 5.32 Å².